The Labute approximate surface area is 191 Å². The molecule has 0 spiro atoms. The monoisotopic (exact) mass is 468 g/mol. The molecule has 32 heavy (non-hydrogen) atoms. The molecule has 2 aromatic carbocycles. The van der Waals surface area contributed by atoms with Crippen molar-refractivity contribution in [3.63, 3.8) is 0 Å². The van der Waals surface area contributed by atoms with Gasteiger partial charge in [0.25, 0.3) is 0 Å². The Morgan fingerprint density at radius 2 is 1.88 bits per heavy atom. The second-order valence-corrected chi connectivity index (χ2v) is 11.0. The van der Waals surface area contributed by atoms with Crippen LogP contribution in [0.3, 0.4) is 0 Å². The van der Waals surface area contributed by atoms with Gasteiger partial charge in [-0.1, -0.05) is 47.7 Å². The second-order valence-electron chi connectivity index (χ2n) is 7.81. The SMILES string of the molecule is Cc1cc(C)c2sc(N(Cc3ccco3)C(=O)CCS(=O)(=O)Cc3ccccc3)nc2c1. The largest absolute Gasteiger partial charge is 0.467 e. The lowest BCUT2D eigenvalue weighted by Gasteiger charge is -2.18. The molecule has 0 saturated heterocycles. The summed E-state index contributed by atoms with van der Waals surface area (Å²) >= 11 is 1.43. The van der Waals surface area contributed by atoms with Gasteiger partial charge >= 0.3 is 0 Å². The van der Waals surface area contributed by atoms with Crippen molar-refractivity contribution in [2.45, 2.75) is 32.6 Å². The average molecular weight is 469 g/mol. The van der Waals surface area contributed by atoms with E-state index in [4.69, 9.17) is 4.42 Å². The fourth-order valence-electron chi connectivity index (χ4n) is 3.58. The third kappa shape index (κ3) is 5.26. The first-order valence-corrected chi connectivity index (χ1v) is 12.9. The summed E-state index contributed by atoms with van der Waals surface area (Å²) in [6.45, 7) is 4.23. The highest BCUT2D eigenvalue weighted by molar-refractivity contribution is 7.90. The smallest absolute Gasteiger partial charge is 0.230 e. The molecule has 0 bridgehead atoms. The fraction of sp³-hybridized carbons (Fsp3) is 0.250. The van der Waals surface area contributed by atoms with E-state index in [2.05, 4.69) is 11.1 Å². The number of anilines is 1. The highest BCUT2D eigenvalue weighted by atomic mass is 32.2. The summed E-state index contributed by atoms with van der Waals surface area (Å²) in [5.74, 6) is 0.00116. The van der Waals surface area contributed by atoms with E-state index >= 15 is 0 Å². The number of carbonyl (C=O) groups is 1. The molecule has 0 unspecified atom stereocenters. The molecule has 4 aromatic rings. The molecule has 1 amide bonds. The van der Waals surface area contributed by atoms with Gasteiger partial charge < -0.3 is 4.42 Å². The van der Waals surface area contributed by atoms with Crippen LogP contribution in [0.4, 0.5) is 5.13 Å². The van der Waals surface area contributed by atoms with Crippen LogP contribution in [-0.2, 0) is 26.9 Å². The molecule has 6 nitrogen and oxygen atoms in total. The first-order chi connectivity index (χ1) is 15.3. The maximum Gasteiger partial charge on any atom is 0.230 e. The average Bonchev–Trinajstić information content (AvgIpc) is 3.40. The minimum absolute atomic E-state index is 0.0844. The van der Waals surface area contributed by atoms with Gasteiger partial charge in [0.15, 0.2) is 15.0 Å². The van der Waals surface area contributed by atoms with Crippen LogP contribution in [0.1, 0.15) is 28.9 Å². The number of aromatic nitrogens is 1. The van der Waals surface area contributed by atoms with E-state index in [1.54, 1.807) is 42.7 Å². The standard InChI is InChI=1S/C24H24N2O4S2/c1-17-13-18(2)23-21(14-17)25-24(31-23)26(15-20-9-6-11-30-20)22(27)10-12-32(28,29)16-19-7-4-3-5-8-19/h3-9,11,13-14H,10,12,15-16H2,1-2H3. The lowest BCUT2D eigenvalue weighted by atomic mass is 10.1. The Kier molecular flexibility index (Phi) is 6.43. The van der Waals surface area contributed by atoms with Crippen LogP contribution >= 0.6 is 11.3 Å². The highest BCUT2D eigenvalue weighted by Crippen LogP contribution is 2.33. The number of amides is 1. The molecule has 166 valence electrons. The number of fused-ring (bicyclic) bond motifs is 1. The molecule has 0 aliphatic rings. The molecule has 0 fully saturated rings. The van der Waals surface area contributed by atoms with Gasteiger partial charge in [0.1, 0.15) is 5.76 Å². The highest BCUT2D eigenvalue weighted by Gasteiger charge is 2.24. The number of benzene rings is 2. The predicted octanol–water partition coefficient (Wildman–Crippen LogP) is 5.04. The van der Waals surface area contributed by atoms with Crippen molar-refractivity contribution in [1.29, 1.82) is 0 Å². The molecule has 2 aromatic heterocycles. The Bertz CT molecular complexity index is 1330. The Balaban J connectivity index is 1.56. The molecule has 0 atom stereocenters. The summed E-state index contributed by atoms with van der Waals surface area (Å²) in [7, 11) is -3.43. The molecule has 4 rings (SSSR count). The molecule has 0 radical (unpaired) electrons. The van der Waals surface area contributed by atoms with Crippen molar-refractivity contribution in [3.8, 4) is 0 Å². The predicted molar refractivity (Wildman–Crippen MR) is 128 cm³/mol. The van der Waals surface area contributed by atoms with Gasteiger partial charge in [0.05, 0.1) is 34.5 Å². The van der Waals surface area contributed by atoms with Gasteiger partial charge in [-0.2, -0.15) is 0 Å². The maximum atomic E-state index is 13.2. The van der Waals surface area contributed by atoms with Gasteiger partial charge in [-0.15, -0.1) is 0 Å². The van der Waals surface area contributed by atoms with Gasteiger partial charge in [-0.05, 0) is 48.7 Å². The molecule has 2 heterocycles. The number of thiazole rings is 1. The van der Waals surface area contributed by atoms with Crippen LogP contribution in [0.25, 0.3) is 10.2 Å². The van der Waals surface area contributed by atoms with Crippen molar-refractivity contribution in [2.24, 2.45) is 0 Å². The zero-order chi connectivity index (χ0) is 22.7. The third-order valence-electron chi connectivity index (χ3n) is 5.09. The van der Waals surface area contributed by atoms with Crippen LogP contribution in [-0.4, -0.2) is 25.1 Å². The molecule has 0 saturated carbocycles. The first kappa shape index (κ1) is 22.2. The maximum absolute atomic E-state index is 13.2. The first-order valence-electron chi connectivity index (χ1n) is 10.3. The van der Waals surface area contributed by atoms with E-state index in [1.807, 2.05) is 26.0 Å². The molecular weight excluding hydrogens is 444 g/mol. The third-order valence-corrected chi connectivity index (χ3v) is 7.92. The van der Waals surface area contributed by atoms with Crippen LogP contribution in [0.5, 0.6) is 0 Å². The van der Waals surface area contributed by atoms with Crippen molar-refractivity contribution >= 4 is 42.4 Å². The number of sulfone groups is 1. The van der Waals surface area contributed by atoms with E-state index in [0.29, 0.717) is 16.5 Å². The second kappa shape index (κ2) is 9.26. The summed E-state index contributed by atoms with van der Waals surface area (Å²) in [6.07, 6.45) is 1.43. The zero-order valence-electron chi connectivity index (χ0n) is 17.9. The lowest BCUT2D eigenvalue weighted by molar-refractivity contribution is -0.118. The molecule has 0 N–H and O–H groups in total. The van der Waals surface area contributed by atoms with Crippen molar-refractivity contribution in [3.05, 3.63) is 83.3 Å². The van der Waals surface area contributed by atoms with Crippen molar-refractivity contribution in [1.82, 2.24) is 4.98 Å². The van der Waals surface area contributed by atoms with Crippen molar-refractivity contribution < 1.29 is 17.6 Å². The number of hydrogen-bond acceptors (Lipinski definition) is 6. The van der Waals surface area contributed by atoms with Crippen LogP contribution < -0.4 is 4.90 Å². The molecule has 8 heteroatoms. The van der Waals surface area contributed by atoms with Gasteiger partial charge in [-0.3, -0.25) is 9.69 Å². The van der Waals surface area contributed by atoms with Crippen LogP contribution in [0.2, 0.25) is 0 Å². The molecule has 0 aliphatic heterocycles. The van der Waals surface area contributed by atoms with E-state index in [9.17, 15) is 13.2 Å². The van der Waals surface area contributed by atoms with Crippen molar-refractivity contribution in [2.75, 3.05) is 10.7 Å². The normalized spacial score (nSPS) is 11.7. The summed E-state index contributed by atoms with van der Waals surface area (Å²) in [6, 6.07) is 16.6. The lowest BCUT2D eigenvalue weighted by Crippen LogP contribution is -2.31. The van der Waals surface area contributed by atoms with Crippen LogP contribution in [0, 0.1) is 13.8 Å². The van der Waals surface area contributed by atoms with E-state index < -0.39 is 9.84 Å². The molecular formula is C24H24N2O4S2. The Morgan fingerprint density at radius 3 is 2.59 bits per heavy atom. The van der Waals surface area contributed by atoms with Gasteiger partial charge in [-0.25, -0.2) is 13.4 Å². The number of rotatable bonds is 8. The van der Waals surface area contributed by atoms with Gasteiger partial charge in [0, 0.05) is 6.42 Å². The zero-order valence-corrected chi connectivity index (χ0v) is 19.6. The quantitative estimate of drug-likeness (QED) is 0.362. The summed E-state index contributed by atoms with van der Waals surface area (Å²) in [5.41, 5.74) is 3.74. The molecule has 0 aliphatic carbocycles. The topological polar surface area (TPSA) is 80.5 Å². The Hall–Kier alpha value is -2.97. The fourth-order valence-corrected chi connectivity index (χ4v) is 5.94. The minimum atomic E-state index is -3.43. The minimum Gasteiger partial charge on any atom is -0.467 e. The van der Waals surface area contributed by atoms with Crippen LogP contribution in [0.15, 0.2) is 65.3 Å². The summed E-state index contributed by atoms with van der Waals surface area (Å²) < 4.78 is 31.7. The summed E-state index contributed by atoms with van der Waals surface area (Å²) in [4.78, 5) is 19.4. The number of aryl methyl sites for hydroxylation is 2. The number of furan rings is 1. The number of hydrogen-bond donors (Lipinski definition) is 0. The van der Waals surface area contributed by atoms with E-state index in [0.717, 1.165) is 21.3 Å². The van der Waals surface area contributed by atoms with Gasteiger partial charge in [0.2, 0.25) is 5.91 Å². The summed E-state index contributed by atoms with van der Waals surface area (Å²) in [5, 5.41) is 0.538. The number of carbonyl (C=O) groups excluding carboxylic acids is 1. The Morgan fingerprint density at radius 1 is 1.09 bits per heavy atom. The number of nitrogens with zero attached hydrogens (tertiary/aromatic N) is 2. The van der Waals surface area contributed by atoms with E-state index in [1.165, 1.54) is 16.2 Å². The van der Waals surface area contributed by atoms with E-state index in [-0.39, 0.29) is 30.4 Å².